The molecule has 8 nitrogen and oxygen atoms in total. The Bertz CT molecular complexity index is 648. The summed E-state index contributed by atoms with van der Waals surface area (Å²) in [6.07, 6.45) is 4.52. The first-order valence-electron chi connectivity index (χ1n) is 9.43. The Labute approximate surface area is 160 Å². The van der Waals surface area contributed by atoms with Crippen molar-refractivity contribution in [3.63, 3.8) is 0 Å². The number of unbranched alkanes of at least 4 members (excludes halogenated alkanes) is 2. The van der Waals surface area contributed by atoms with Crippen LogP contribution in [0.3, 0.4) is 0 Å². The SMILES string of the molecule is CCOC(=O)CCCCCNC(=O)N1CCN(c2ccc(C#N)cn2)CC1. The maximum absolute atomic E-state index is 12.2. The molecule has 1 aromatic rings. The smallest absolute Gasteiger partial charge is 0.317 e. The van der Waals surface area contributed by atoms with Crippen LogP contribution in [0, 0.1) is 11.3 Å². The molecule has 1 saturated heterocycles. The van der Waals surface area contributed by atoms with Gasteiger partial charge in [-0.3, -0.25) is 4.79 Å². The van der Waals surface area contributed by atoms with Crippen LogP contribution < -0.4 is 10.2 Å². The molecule has 0 saturated carbocycles. The monoisotopic (exact) mass is 373 g/mol. The number of piperazine rings is 1. The first-order valence-corrected chi connectivity index (χ1v) is 9.43. The van der Waals surface area contributed by atoms with Crippen LogP contribution in [-0.2, 0) is 9.53 Å². The minimum absolute atomic E-state index is 0.0483. The first-order chi connectivity index (χ1) is 13.1. The van der Waals surface area contributed by atoms with Crippen molar-refractivity contribution in [1.82, 2.24) is 15.2 Å². The molecule has 8 heteroatoms. The summed E-state index contributed by atoms with van der Waals surface area (Å²) in [5.74, 6) is 0.673. The molecule has 1 aromatic heterocycles. The number of anilines is 1. The molecule has 0 spiro atoms. The van der Waals surface area contributed by atoms with Gasteiger partial charge in [0.2, 0.25) is 0 Å². The van der Waals surface area contributed by atoms with Gasteiger partial charge in [0.15, 0.2) is 0 Å². The Morgan fingerprint density at radius 2 is 2.00 bits per heavy atom. The van der Waals surface area contributed by atoms with Gasteiger partial charge >= 0.3 is 12.0 Å². The number of urea groups is 1. The van der Waals surface area contributed by atoms with Gasteiger partial charge < -0.3 is 19.9 Å². The van der Waals surface area contributed by atoms with Gasteiger partial charge in [0.05, 0.1) is 12.2 Å². The van der Waals surface area contributed by atoms with E-state index in [0.29, 0.717) is 51.3 Å². The van der Waals surface area contributed by atoms with Crippen molar-refractivity contribution in [2.75, 3.05) is 44.2 Å². The molecule has 146 valence electrons. The molecule has 0 aliphatic carbocycles. The van der Waals surface area contributed by atoms with Crippen molar-refractivity contribution in [2.24, 2.45) is 0 Å². The summed E-state index contributed by atoms with van der Waals surface area (Å²) in [7, 11) is 0. The number of hydrogen-bond donors (Lipinski definition) is 1. The van der Waals surface area contributed by atoms with Crippen molar-refractivity contribution in [1.29, 1.82) is 5.26 Å². The van der Waals surface area contributed by atoms with Crippen LogP contribution in [0.4, 0.5) is 10.6 Å². The highest BCUT2D eigenvalue weighted by molar-refractivity contribution is 5.74. The summed E-state index contributed by atoms with van der Waals surface area (Å²) < 4.78 is 4.88. The summed E-state index contributed by atoms with van der Waals surface area (Å²) in [6.45, 7) is 5.53. The van der Waals surface area contributed by atoms with E-state index < -0.39 is 0 Å². The zero-order valence-corrected chi connectivity index (χ0v) is 15.8. The van der Waals surface area contributed by atoms with E-state index >= 15 is 0 Å². The number of rotatable bonds is 8. The number of nitriles is 1. The lowest BCUT2D eigenvalue weighted by Crippen LogP contribution is -2.52. The Balaban J connectivity index is 1.60. The highest BCUT2D eigenvalue weighted by Gasteiger charge is 2.21. The molecular formula is C19H27N5O3. The Hall–Kier alpha value is -2.82. The number of hydrogen-bond acceptors (Lipinski definition) is 6. The molecule has 0 aromatic carbocycles. The van der Waals surface area contributed by atoms with E-state index in [4.69, 9.17) is 10.00 Å². The summed E-state index contributed by atoms with van der Waals surface area (Å²) >= 11 is 0. The number of pyridine rings is 1. The maximum Gasteiger partial charge on any atom is 0.317 e. The molecule has 0 unspecified atom stereocenters. The predicted octanol–water partition coefficient (Wildman–Crippen LogP) is 1.91. The van der Waals surface area contributed by atoms with Gasteiger partial charge in [-0.1, -0.05) is 6.42 Å². The van der Waals surface area contributed by atoms with Gasteiger partial charge in [0.25, 0.3) is 0 Å². The number of carbonyl (C=O) groups is 2. The van der Waals surface area contributed by atoms with Crippen molar-refractivity contribution < 1.29 is 14.3 Å². The molecule has 2 heterocycles. The second kappa shape index (κ2) is 11.0. The molecular weight excluding hydrogens is 346 g/mol. The molecule has 1 fully saturated rings. The summed E-state index contributed by atoms with van der Waals surface area (Å²) in [5, 5.41) is 11.8. The number of ether oxygens (including phenoxy) is 1. The lowest BCUT2D eigenvalue weighted by Gasteiger charge is -2.35. The van der Waals surface area contributed by atoms with Gasteiger partial charge in [0, 0.05) is 45.3 Å². The van der Waals surface area contributed by atoms with Gasteiger partial charge in [-0.15, -0.1) is 0 Å². The summed E-state index contributed by atoms with van der Waals surface area (Å²) in [4.78, 5) is 31.7. The van der Waals surface area contributed by atoms with Crippen LogP contribution in [0.15, 0.2) is 18.3 Å². The first kappa shape index (κ1) is 20.5. The van der Waals surface area contributed by atoms with Crippen LogP contribution in [0.2, 0.25) is 0 Å². The molecule has 27 heavy (non-hydrogen) atoms. The van der Waals surface area contributed by atoms with E-state index in [0.717, 1.165) is 25.1 Å². The van der Waals surface area contributed by atoms with E-state index in [1.165, 1.54) is 0 Å². The van der Waals surface area contributed by atoms with Crippen molar-refractivity contribution in [3.8, 4) is 6.07 Å². The lowest BCUT2D eigenvalue weighted by atomic mass is 10.2. The van der Waals surface area contributed by atoms with E-state index in [1.807, 2.05) is 6.07 Å². The second-order valence-corrected chi connectivity index (χ2v) is 6.34. The number of nitrogens with one attached hydrogen (secondary N) is 1. The Morgan fingerprint density at radius 3 is 2.63 bits per heavy atom. The standard InChI is InChI=1S/C19H27N5O3/c1-2-27-18(25)6-4-3-5-9-21-19(26)24-12-10-23(11-13-24)17-8-7-16(14-20)15-22-17/h7-8,15H,2-6,9-13H2,1H3,(H,21,26). The van der Waals surface area contributed by atoms with Gasteiger partial charge in [-0.05, 0) is 31.9 Å². The highest BCUT2D eigenvalue weighted by atomic mass is 16.5. The van der Waals surface area contributed by atoms with Gasteiger partial charge in [-0.25, -0.2) is 9.78 Å². The summed E-state index contributed by atoms with van der Waals surface area (Å²) in [5.41, 5.74) is 0.541. The van der Waals surface area contributed by atoms with Crippen LogP contribution in [0.1, 0.15) is 38.2 Å². The summed E-state index contributed by atoms with van der Waals surface area (Å²) in [6, 6.07) is 5.60. The number of aromatic nitrogens is 1. The third-order valence-electron chi connectivity index (χ3n) is 4.41. The van der Waals surface area contributed by atoms with Gasteiger partial charge in [-0.2, -0.15) is 5.26 Å². The van der Waals surface area contributed by atoms with E-state index in [2.05, 4.69) is 21.3 Å². The maximum atomic E-state index is 12.2. The quantitative estimate of drug-likeness (QED) is 0.552. The molecule has 0 atom stereocenters. The zero-order chi connectivity index (χ0) is 19.5. The van der Waals surface area contributed by atoms with Crippen molar-refractivity contribution in [3.05, 3.63) is 23.9 Å². The van der Waals surface area contributed by atoms with Gasteiger partial charge in [0.1, 0.15) is 11.9 Å². The Kier molecular flexibility index (Phi) is 8.36. The van der Waals surface area contributed by atoms with Crippen molar-refractivity contribution >= 4 is 17.8 Å². The zero-order valence-electron chi connectivity index (χ0n) is 15.8. The average molecular weight is 373 g/mol. The van der Waals surface area contributed by atoms with Crippen LogP contribution in [0.25, 0.3) is 0 Å². The van der Waals surface area contributed by atoms with Crippen LogP contribution >= 0.6 is 0 Å². The topological polar surface area (TPSA) is 98.6 Å². The predicted molar refractivity (Wildman–Crippen MR) is 101 cm³/mol. The minimum atomic E-state index is -0.156. The molecule has 2 amide bonds. The highest BCUT2D eigenvalue weighted by Crippen LogP contribution is 2.14. The Morgan fingerprint density at radius 1 is 1.22 bits per heavy atom. The van der Waals surface area contributed by atoms with E-state index in [-0.39, 0.29) is 12.0 Å². The third kappa shape index (κ3) is 6.77. The van der Waals surface area contributed by atoms with Crippen molar-refractivity contribution in [2.45, 2.75) is 32.6 Å². The molecule has 2 rings (SSSR count). The minimum Gasteiger partial charge on any atom is -0.466 e. The largest absolute Gasteiger partial charge is 0.466 e. The molecule has 0 radical (unpaired) electrons. The van der Waals surface area contributed by atoms with Crippen LogP contribution in [0.5, 0.6) is 0 Å². The van der Waals surface area contributed by atoms with Crippen LogP contribution in [-0.4, -0.2) is 61.2 Å². The lowest BCUT2D eigenvalue weighted by molar-refractivity contribution is -0.143. The fourth-order valence-corrected chi connectivity index (χ4v) is 2.89. The molecule has 1 aliphatic rings. The average Bonchev–Trinajstić information content (AvgIpc) is 2.71. The number of amides is 2. The molecule has 1 aliphatic heterocycles. The second-order valence-electron chi connectivity index (χ2n) is 6.34. The molecule has 1 N–H and O–H groups in total. The fourth-order valence-electron chi connectivity index (χ4n) is 2.89. The normalized spacial score (nSPS) is 13.8. The number of nitrogens with zero attached hydrogens (tertiary/aromatic N) is 4. The van der Waals surface area contributed by atoms with E-state index in [9.17, 15) is 9.59 Å². The van der Waals surface area contributed by atoms with E-state index in [1.54, 1.807) is 24.1 Å². The number of carbonyl (C=O) groups excluding carboxylic acids is 2. The fraction of sp³-hybridized carbons (Fsp3) is 0.579. The third-order valence-corrected chi connectivity index (χ3v) is 4.41. The number of esters is 1. The molecule has 0 bridgehead atoms.